The van der Waals surface area contributed by atoms with Crippen molar-refractivity contribution in [3.63, 3.8) is 0 Å². The third-order valence-electron chi connectivity index (χ3n) is 2.01. The van der Waals surface area contributed by atoms with Gasteiger partial charge in [0.15, 0.2) is 0 Å². The summed E-state index contributed by atoms with van der Waals surface area (Å²) >= 11 is 0. The van der Waals surface area contributed by atoms with Gasteiger partial charge in [-0.05, 0) is 12.1 Å². The molecule has 0 aliphatic heterocycles. The predicted molar refractivity (Wildman–Crippen MR) is 58.3 cm³/mol. The lowest BCUT2D eigenvalue weighted by Crippen LogP contribution is -2.30. The molecule has 0 bridgehead atoms. The first-order valence-electron chi connectivity index (χ1n) is 4.67. The van der Waals surface area contributed by atoms with Gasteiger partial charge in [-0.3, -0.25) is 4.79 Å². The lowest BCUT2D eigenvalue weighted by Gasteiger charge is -2.07. The van der Waals surface area contributed by atoms with E-state index in [4.69, 9.17) is 5.26 Å². The Labute approximate surface area is 103 Å². The number of rotatable bonds is 4. The summed E-state index contributed by atoms with van der Waals surface area (Å²) in [6.45, 7) is -0.597. The molecule has 0 saturated heterocycles. The molecule has 96 valence electrons. The molecule has 1 aromatic rings. The van der Waals surface area contributed by atoms with Crippen LogP contribution in [0.3, 0.4) is 0 Å². The van der Waals surface area contributed by atoms with Crippen molar-refractivity contribution in [3.05, 3.63) is 29.6 Å². The van der Waals surface area contributed by atoms with Crippen LogP contribution < -0.4 is 4.72 Å². The van der Waals surface area contributed by atoms with Gasteiger partial charge in [-0.1, -0.05) is 6.07 Å². The summed E-state index contributed by atoms with van der Waals surface area (Å²) in [5, 5.41) is 8.71. The standard InChI is InChI=1S/C10H9FN2O4S/c1-17-10(14)6-13-18(15,16)9-4-2-3-8(11)7(9)5-12/h2-4,13H,6H2,1H3. The van der Waals surface area contributed by atoms with Crippen LogP contribution in [-0.4, -0.2) is 28.0 Å². The summed E-state index contributed by atoms with van der Waals surface area (Å²) in [6, 6.07) is 4.66. The fraction of sp³-hybridized carbons (Fsp3) is 0.200. The average Bonchev–Trinajstić information content (AvgIpc) is 2.35. The van der Waals surface area contributed by atoms with E-state index in [0.717, 1.165) is 25.3 Å². The average molecular weight is 272 g/mol. The first kappa shape index (κ1) is 14.1. The van der Waals surface area contributed by atoms with E-state index < -0.39 is 38.8 Å². The predicted octanol–water partition coefficient (Wildman–Crippen LogP) is 0.149. The van der Waals surface area contributed by atoms with Gasteiger partial charge in [0.2, 0.25) is 10.0 Å². The van der Waals surface area contributed by atoms with Crippen LogP contribution in [0.25, 0.3) is 0 Å². The van der Waals surface area contributed by atoms with Gasteiger partial charge in [0, 0.05) is 0 Å². The van der Waals surface area contributed by atoms with Gasteiger partial charge in [0.05, 0.1) is 7.11 Å². The van der Waals surface area contributed by atoms with Crippen LogP contribution in [0.5, 0.6) is 0 Å². The van der Waals surface area contributed by atoms with Crippen molar-refractivity contribution in [1.29, 1.82) is 5.26 Å². The summed E-state index contributed by atoms with van der Waals surface area (Å²) in [5.41, 5.74) is -0.602. The number of carbonyl (C=O) groups excluding carboxylic acids is 1. The Kier molecular flexibility index (Phi) is 4.36. The van der Waals surface area contributed by atoms with Crippen LogP contribution >= 0.6 is 0 Å². The highest BCUT2D eigenvalue weighted by Crippen LogP contribution is 2.17. The molecular weight excluding hydrogens is 263 g/mol. The van der Waals surface area contributed by atoms with Gasteiger partial charge in [0.1, 0.15) is 28.9 Å². The van der Waals surface area contributed by atoms with Crippen molar-refractivity contribution in [1.82, 2.24) is 4.72 Å². The van der Waals surface area contributed by atoms with E-state index in [0.29, 0.717) is 0 Å². The fourth-order valence-corrected chi connectivity index (χ4v) is 2.27. The Morgan fingerprint density at radius 3 is 2.78 bits per heavy atom. The summed E-state index contributed by atoms with van der Waals surface area (Å²) < 4.78 is 42.9. The number of carbonyl (C=O) groups is 1. The minimum Gasteiger partial charge on any atom is -0.468 e. The number of hydrogen-bond donors (Lipinski definition) is 1. The quantitative estimate of drug-likeness (QED) is 0.787. The van der Waals surface area contributed by atoms with E-state index in [1.165, 1.54) is 6.07 Å². The molecule has 0 atom stereocenters. The Morgan fingerprint density at radius 1 is 1.56 bits per heavy atom. The fourth-order valence-electron chi connectivity index (χ4n) is 1.14. The number of nitriles is 1. The van der Waals surface area contributed by atoms with E-state index in [1.807, 2.05) is 4.72 Å². The van der Waals surface area contributed by atoms with Gasteiger partial charge in [-0.25, -0.2) is 12.8 Å². The van der Waals surface area contributed by atoms with Crippen molar-refractivity contribution in [2.75, 3.05) is 13.7 Å². The van der Waals surface area contributed by atoms with Crippen molar-refractivity contribution >= 4 is 16.0 Å². The topological polar surface area (TPSA) is 96.3 Å². The molecule has 1 rings (SSSR count). The second-order valence-corrected chi connectivity index (χ2v) is 4.86. The molecule has 1 aromatic carbocycles. The maximum atomic E-state index is 13.2. The zero-order valence-corrected chi connectivity index (χ0v) is 10.1. The third-order valence-corrected chi connectivity index (χ3v) is 3.45. The Bertz CT molecular complexity index is 607. The minimum absolute atomic E-state index is 0.520. The lowest BCUT2D eigenvalue weighted by molar-refractivity contribution is -0.139. The van der Waals surface area contributed by atoms with Crippen LogP contribution in [0.1, 0.15) is 5.56 Å². The van der Waals surface area contributed by atoms with Gasteiger partial charge in [-0.2, -0.15) is 9.98 Å². The number of ether oxygens (including phenoxy) is 1. The number of nitrogens with zero attached hydrogens (tertiary/aromatic N) is 1. The number of sulfonamides is 1. The second kappa shape index (κ2) is 5.57. The summed E-state index contributed by atoms with van der Waals surface area (Å²) in [5.74, 6) is -1.74. The van der Waals surface area contributed by atoms with Crippen molar-refractivity contribution in [3.8, 4) is 6.07 Å². The summed E-state index contributed by atoms with van der Waals surface area (Å²) in [6.07, 6.45) is 0. The molecule has 18 heavy (non-hydrogen) atoms. The van der Waals surface area contributed by atoms with Crippen LogP contribution in [0.4, 0.5) is 4.39 Å². The number of benzene rings is 1. The van der Waals surface area contributed by atoms with Crippen LogP contribution in [-0.2, 0) is 19.6 Å². The normalized spacial score (nSPS) is 10.7. The number of hydrogen-bond acceptors (Lipinski definition) is 5. The second-order valence-electron chi connectivity index (χ2n) is 3.13. The van der Waals surface area contributed by atoms with Crippen molar-refractivity contribution < 1.29 is 22.3 Å². The molecule has 0 heterocycles. The molecule has 0 radical (unpaired) electrons. The van der Waals surface area contributed by atoms with Gasteiger partial charge in [-0.15, -0.1) is 0 Å². The monoisotopic (exact) mass is 272 g/mol. The highest BCUT2D eigenvalue weighted by Gasteiger charge is 2.21. The number of nitrogens with one attached hydrogen (secondary N) is 1. The van der Waals surface area contributed by atoms with E-state index >= 15 is 0 Å². The first-order valence-corrected chi connectivity index (χ1v) is 6.15. The molecular formula is C10H9FN2O4S. The smallest absolute Gasteiger partial charge is 0.320 e. The molecule has 0 saturated carbocycles. The number of halogens is 1. The molecule has 0 unspecified atom stereocenters. The Hall–Kier alpha value is -1.98. The van der Waals surface area contributed by atoms with E-state index in [-0.39, 0.29) is 0 Å². The third kappa shape index (κ3) is 3.03. The molecule has 0 aliphatic rings. The maximum absolute atomic E-state index is 13.2. The molecule has 0 amide bonds. The Morgan fingerprint density at radius 2 is 2.22 bits per heavy atom. The SMILES string of the molecule is COC(=O)CNS(=O)(=O)c1cccc(F)c1C#N. The highest BCUT2D eigenvalue weighted by atomic mass is 32.2. The van der Waals surface area contributed by atoms with Crippen molar-refractivity contribution in [2.45, 2.75) is 4.90 Å². The van der Waals surface area contributed by atoms with Gasteiger partial charge < -0.3 is 4.74 Å². The summed E-state index contributed by atoms with van der Waals surface area (Å²) in [4.78, 5) is 10.3. The number of esters is 1. The molecule has 0 aromatic heterocycles. The molecule has 0 fully saturated rings. The highest BCUT2D eigenvalue weighted by molar-refractivity contribution is 7.89. The van der Waals surface area contributed by atoms with E-state index in [1.54, 1.807) is 0 Å². The molecule has 0 aliphatic carbocycles. The molecule has 6 nitrogen and oxygen atoms in total. The lowest BCUT2D eigenvalue weighted by atomic mass is 10.2. The van der Waals surface area contributed by atoms with Crippen molar-refractivity contribution in [2.24, 2.45) is 0 Å². The van der Waals surface area contributed by atoms with E-state index in [2.05, 4.69) is 4.74 Å². The molecule has 1 N–H and O–H groups in total. The molecule has 0 spiro atoms. The summed E-state index contributed by atoms with van der Waals surface area (Å²) in [7, 11) is -3.05. The zero-order chi connectivity index (χ0) is 13.8. The Balaban J connectivity index is 3.10. The van der Waals surface area contributed by atoms with Crippen LogP contribution in [0.15, 0.2) is 23.1 Å². The zero-order valence-electron chi connectivity index (χ0n) is 9.31. The van der Waals surface area contributed by atoms with Crippen LogP contribution in [0.2, 0.25) is 0 Å². The van der Waals surface area contributed by atoms with Gasteiger partial charge >= 0.3 is 5.97 Å². The minimum atomic E-state index is -4.14. The maximum Gasteiger partial charge on any atom is 0.320 e. The number of methoxy groups -OCH3 is 1. The molecule has 8 heteroatoms. The van der Waals surface area contributed by atoms with Crippen LogP contribution in [0, 0.1) is 17.1 Å². The largest absolute Gasteiger partial charge is 0.468 e. The first-order chi connectivity index (χ1) is 8.42. The van der Waals surface area contributed by atoms with Gasteiger partial charge in [0.25, 0.3) is 0 Å². The van der Waals surface area contributed by atoms with E-state index in [9.17, 15) is 17.6 Å².